The molecule has 6 nitrogen and oxygen atoms in total. The normalized spacial score (nSPS) is 20.6. The maximum Gasteiger partial charge on any atom is 0.228 e. The molecule has 124 valence electrons. The molecule has 2 aliphatic rings. The maximum absolute atomic E-state index is 12.6. The van der Waals surface area contributed by atoms with Gasteiger partial charge in [0.1, 0.15) is 0 Å². The Balaban J connectivity index is 1.43. The van der Waals surface area contributed by atoms with Crippen LogP contribution in [0.2, 0.25) is 0 Å². The Bertz CT molecular complexity index is 802. The quantitative estimate of drug-likeness (QED) is 0.857. The summed E-state index contributed by atoms with van der Waals surface area (Å²) in [5, 5.41) is 0. The molecule has 6 heteroatoms. The molecule has 24 heavy (non-hydrogen) atoms. The molecule has 0 radical (unpaired) electrons. The van der Waals surface area contributed by atoms with Crippen LogP contribution in [0.3, 0.4) is 0 Å². The number of likely N-dealkylation sites (tertiary alicyclic amines) is 1. The highest BCUT2D eigenvalue weighted by Crippen LogP contribution is 2.33. The minimum atomic E-state index is -0.225. The summed E-state index contributed by atoms with van der Waals surface area (Å²) >= 11 is 0. The van der Waals surface area contributed by atoms with E-state index in [2.05, 4.69) is 9.97 Å². The fraction of sp³-hybridized carbons (Fsp3) is 0.444. The van der Waals surface area contributed by atoms with Crippen LogP contribution in [0.1, 0.15) is 25.0 Å². The second kappa shape index (κ2) is 5.85. The molecule has 0 spiro atoms. The summed E-state index contributed by atoms with van der Waals surface area (Å²) in [6.45, 7) is 0.973. The maximum atomic E-state index is 12.6. The van der Waals surface area contributed by atoms with Crippen molar-refractivity contribution >= 4 is 22.8 Å². The average molecular weight is 324 g/mol. The molecule has 1 aromatic heterocycles. The van der Waals surface area contributed by atoms with Gasteiger partial charge in [-0.3, -0.25) is 14.6 Å². The van der Waals surface area contributed by atoms with Crippen LogP contribution >= 0.6 is 0 Å². The SMILES string of the molecule is CN(Cc1cnc2ccccc2n1)C(=O)[C@@H]1CC(=O)N(C2CC2)C1. The van der Waals surface area contributed by atoms with Gasteiger partial charge in [-0.05, 0) is 25.0 Å². The fourth-order valence-electron chi connectivity index (χ4n) is 3.34. The van der Waals surface area contributed by atoms with E-state index in [1.165, 1.54) is 0 Å². The zero-order valence-electron chi connectivity index (χ0n) is 13.7. The molecular formula is C18H20N4O2. The number of carbonyl (C=O) groups is 2. The van der Waals surface area contributed by atoms with E-state index in [0.717, 1.165) is 29.6 Å². The smallest absolute Gasteiger partial charge is 0.228 e. The predicted octanol–water partition coefficient (Wildman–Crippen LogP) is 1.60. The lowest BCUT2D eigenvalue weighted by atomic mass is 10.1. The van der Waals surface area contributed by atoms with E-state index in [1.807, 2.05) is 29.2 Å². The lowest BCUT2D eigenvalue weighted by Gasteiger charge is -2.21. The number of hydrogen-bond donors (Lipinski definition) is 0. The minimum Gasteiger partial charge on any atom is -0.339 e. The zero-order valence-corrected chi connectivity index (χ0v) is 13.7. The van der Waals surface area contributed by atoms with Gasteiger partial charge in [-0.15, -0.1) is 0 Å². The van der Waals surface area contributed by atoms with Crippen LogP contribution in [-0.2, 0) is 16.1 Å². The molecule has 1 saturated carbocycles. The summed E-state index contributed by atoms with van der Waals surface area (Å²) in [6, 6.07) is 8.06. The van der Waals surface area contributed by atoms with Gasteiger partial charge in [0.2, 0.25) is 11.8 Å². The van der Waals surface area contributed by atoms with Crippen LogP contribution < -0.4 is 0 Å². The van der Waals surface area contributed by atoms with Gasteiger partial charge in [0.25, 0.3) is 0 Å². The number of amides is 2. The Morgan fingerprint density at radius 2 is 2.04 bits per heavy atom. The molecule has 0 bridgehead atoms. The van der Waals surface area contributed by atoms with E-state index in [-0.39, 0.29) is 17.7 Å². The third kappa shape index (κ3) is 2.84. The molecule has 1 atom stereocenters. The first-order chi connectivity index (χ1) is 11.6. The molecular weight excluding hydrogens is 304 g/mol. The summed E-state index contributed by atoms with van der Waals surface area (Å²) < 4.78 is 0. The molecule has 1 aliphatic carbocycles. The molecule has 1 saturated heterocycles. The Morgan fingerprint density at radius 3 is 2.79 bits per heavy atom. The largest absolute Gasteiger partial charge is 0.339 e. The highest BCUT2D eigenvalue weighted by atomic mass is 16.2. The average Bonchev–Trinajstić information content (AvgIpc) is 3.36. The van der Waals surface area contributed by atoms with Gasteiger partial charge in [0.15, 0.2) is 0 Å². The van der Waals surface area contributed by atoms with Gasteiger partial charge in [0.05, 0.1) is 35.4 Å². The van der Waals surface area contributed by atoms with Crippen molar-refractivity contribution in [2.45, 2.75) is 31.8 Å². The predicted molar refractivity (Wildman–Crippen MR) is 88.9 cm³/mol. The first kappa shape index (κ1) is 15.1. The van der Waals surface area contributed by atoms with Gasteiger partial charge in [-0.25, -0.2) is 4.98 Å². The molecule has 2 aromatic rings. The van der Waals surface area contributed by atoms with Gasteiger partial charge < -0.3 is 9.80 Å². The van der Waals surface area contributed by atoms with Crippen molar-refractivity contribution in [1.29, 1.82) is 0 Å². The van der Waals surface area contributed by atoms with Crippen molar-refractivity contribution in [3.8, 4) is 0 Å². The van der Waals surface area contributed by atoms with E-state index in [9.17, 15) is 9.59 Å². The summed E-state index contributed by atoms with van der Waals surface area (Å²) in [5.74, 6) is -0.0901. The van der Waals surface area contributed by atoms with Crippen molar-refractivity contribution < 1.29 is 9.59 Å². The van der Waals surface area contributed by atoms with Crippen LogP contribution in [-0.4, -0.2) is 51.2 Å². The van der Waals surface area contributed by atoms with Crippen molar-refractivity contribution in [1.82, 2.24) is 19.8 Å². The van der Waals surface area contributed by atoms with Crippen molar-refractivity contribution in [2.75, 3.05) is 13.6 Å². The highest BCUT2D eigenvalue weighted by molar-refractivity contribution is 5.89. The lowest BCUT2D eigenvalue weighted by Crippen LogP contribution is -2.35. The van der Waals surface area contributed by atoms with E-state index in [0.29, 0.717) is 25.6 Å². The van der Waals surface area contributed by atoms with Crippen LogP contribution in [0.15, 0.2) is 30.5 Å². The molecule has 2 fully saturated rings. The molecule has 4 rings (SSSR count). The van der Waals surface area contributed by atoms with Crippen LogP contribution in [0.4, 0.5) is 0 Å². The summed E-state index contributed by atoms with van der Waals surface area (Å²) in [4.78, 5) is 37.2. The number of aromatic nitrogens is 2. The van der Waals surface area contributed by atoms with Crippen LogP contribution in [0.5, 0.6) is 0 Å². The van der Waals surface area contributed by atoms with E-state index in [1.54, 1.807) is 18.1 Å². The van der Waals surface area contributed by atoms with E-state index >= 15 is 0 Å². The van der Waals surface area contributed by atoms with Gasteiger partial charge in [-0.1, -0.05) is 12.1 Å². The fourth-order valence-corrected chi connectivity index (χ4v) is 3.34. The summed E-state index contributed by atoms with van der Waals surface area (Å²) in [5.41, 5.74) is 2.43. The zero-order chi connectivity index (χ0) is 16.7. The third-order valence-corrected chi connectivity index (χ3v) is 4.77. The first-order valence-electron chi connectivity index (χ1n) is 8.37. The highest BCUT2D eigenvalue weighted by Gasteiger charge is 2.42. The van der Waals surface area contributed by atoms with E-state index < -0.39 is 0 Å². The number of rotatable bonds is 4. The number of hydrogen-bond acceptors (Lipinski definition) is 4. The molecule has 1 aromatic carbocycles. The van der Waals surface area contributed by atoms with Crippen molar-refractivity contribution in [3.63, 3.8) is 0 Å². The topological polar surface area (TPSA) is 66.4 Å². The standard InChI is InChI=1S/C18H20N4O2/c1-21(11-13-9-19-15-4-2-3-5-16(15)20-13)18(24)12-8-17(23)22(10-12)14-6-7-14/h2-5,9,12,14H,6-8,10-11H2,1H3/t12-/m1/s1. The number of benzene rings is 1. The number of para-hydroxylation sites is 2. The third-order valence-electron chi connectivity index (χ3n) is 4.77. The molecule has 1 aliphatic heterocycles. The lowest BCUT2D eigenvalue weighted by molar-refractivity contribution is -0.135. The molecule has 0 N–H and O–H groups in total. The summed E-state index contributed by atoms with van der Waals surface area (Å²) in [6.07, 6.45) is 4.20. The molecule has 2 amide bonds. The number of fused-ring (bicyclic) bond motifs is 1. The Hall–Kier alpha value is -2.50. The second-order valence-electron chi connectivity index (χ2n) is 6.72. The summed E-state index contributed by atoms with van der Waals surface area (Å²) in [7, 11) is 1.77. The number of carbonyl (C=O) groups excluding carboxylic acids is 2. The minimum absolute atomic E-state index is 0.0152. The monoisotopic (exact) mass is 324 g/mol. The van der Waals surface area contributed by atoms with Crippen LogP contribution in [0, 0.1) is 5.92 Å². The molecule has 0 unspecified atom stereocenters. The number of nitrogens with zero attached hydrogens (tertiary/aromatic N) is 4. The second-order valence-corrected chi connectivity index (χ2v) is 6.72. The first-order valence-corrected chi connectivity index (χ1v) is 8.37. The van der Waals surface area contributed by atoms with Crippen LogP contribution in [0.25, 0.3) is 11.0 Å². The Morgan fingerprint density at radius 1 is 1.29 bits per heavy atom. The van der Waals surface area contributed by atoms with Gasteiger partial charge >= 0.3 is 0 Å². The van der Waals surface area contributed by atoms with Crippen molar-refractivity contribution in [2.24, 2.45) is 5.92 Å². The van der Waals surface area contributed by atoms with Gasteiger partial charge in [-0.2, -0.15) is 0 Å². The van der Waals surface area contributed by atoms with Crippen molar-refractivity contribution in [3.05, 3.63) is 36.2 Å². The molecule has 2 heterocycles. The van der Waals surface area contributed by atoms with Gasteiger partial charge in [0, 0.05) is 26.1 Å². The Kier molecular flexibility index (Phi) is 3.67. The Labute approximate surface area is 140 Å². The van der Waals surface area contributed by atoms with E-state index in [4.69, 9.17) is 0 Å².